The van der Waals surface area contributed by atoms with E-state index in [0.717, 1.165) is 11.1 Å². The van der Waals surface area contributed by atoms with Crippen LogP contribution in [0.5, 0.6) is 0 Å². The highest BCUT2D eigenvalue weighted by Crippen LogP contribution is 2.27. The second-order valence-electron chi connectivity index (χ2n) is 4.59. The first-order valence-corrected chi connectivity index (χ1v) is 6.19. The molecule has 0 aromatic heterocycles. The minimum atomic E-state index is -2.21. The number of para-hydroxylation sites is 1. The zero-order valence-corrected chi connectivity index (χ0v) is 11.6. The fourth-order valence-corrected chi connectivity index (χ4v) is 1.88. The predicted octanol–water partition coefficient (Wildman–Crippen LogP) is 4.52. The number of aryl methyl sites for hydroxylation is 2. The normalized spacial score (nSPS) is 10.7. The van der Waals surface area contributed by atoms with Gasteiger partial charge in [0.05, 0.1) is 0 Å². The zero-order valence-electron chi connectivity index (χ0n) is 11.6. The van der Waals surface area contributed by atoms with E-state index in [4.69, 9.17) is 0 Å². The molecular weight excluding hydrogens is 303 g/mol. The summed E-state index contributed by atoms with van der Waals surface area (Å²) in [5.41, 5.74) is 1.09. The summed E-state index contributed by atoms with van der Waals surface area (Å²) < 4.78 is 65.8. The van der Waals surface area contributed by atoms with Crippen LogP contribution in [-0.2, 0) is 0 Å². The van der Waals surface area contributed by atoms with E-state index >= 15 is 0 Å². The summed E-state index contributed by atoms with van der Waals surface area (Å²) >= 11 is 0. The zero-order chi connectivity index (χ0) is 16.4. The Balaban J connectivity index is 2.20. The van der Waals surface area contributed by atoms with Gasteiger partial charge in [-0.25, -0.2) is 22.0 Å². The molecule has 2 radical (unpaired) electrons. The lowest BCUT2D eigenvalue weighted by Crippen LogP contribution is -2.12. The minimum Gasteiger partial charge on any atom is -0.355 e. The molecule has 0 heterocycles. The fraction of sp³-hybridized carbons (Fsp3) is 0.133. The average Bonchev–Trinajstić information content (AvgIpc) is 2.49. The molecule has 7 heteroatoms. The first kappa shape index (κ1) is 16.1. The molecule has 0 atom stereocenters. The van der Waals surface area contributed by atoms with Gasteiger partial charge in [0.2, 0.25) is 12.5 Å². The Morgan fingerprint density at radius 1 is 0.682 bits per heavy atom. The van der Waals surface area contributed by atoms with Gasteiger partial charge in [-0.3, -0.25) is 0 Å². The number of hydrogen-bond acceptors (Lipinski definition) is 2. The van der Waals surface area contributed by atoms with Crippen molar-refractivity contribution in [2.75, 3.05) is 10.6 Å². The van der Waals surface area contributed by atoms with Crippen molar-refractivity contribution in [3.8, 4) is 0 Å². The Labute approximate surface area is 124 Å². The lowest BCUT2D eigenvalue weighted by molar-refractivity contribution is 0.382. The Hall–Kier alpha value is -2.31. The van der Waals surface area contributed by atoms with Crippen LogP contribution in [0.2, 0.25) is 0 Å². The molecule has 0 saturated heterocycles. The highest BCUT2D eigenvalue weighted by molar-refractivity contribution is 5.59. The summed E-state index contributed by atoms with van der Waals surface area (Å²) in [6.07, 6.45) is 0. The maximum atomic E-state index is 13.4. The van der Waals surface area contributed by atoms with Gasteiger partial charge in [-0.2, -0.15) is 0 Å². The van der Waals surface area contributed by atoms with E-state index in [1.165, 1.54) is 0 Å². The van der Waals surface area contributed by atoms with Crippen LogP contribution in [0.4, 0.5) is 33.3 Å². The van der Waals surface area contributed by atoms with Crippen LogP contribution in [0.15, 0.2) is 18.2 Å². The molecule has 2 nitrogen and oxygen atoms in total. The molecule has 0 fully saturated rings. The SMILES string of the molecule is Cc1cccc(C)c1N[C]Nc1c(F)c(F)c(F)c(F)c1F. The van der Waals surface area contributed by atoms with Crippen LogP contribution >= 0.6 is 0 Å². The minimum absolute atomic E-state index is 0.610. The van der Waals surface area contributed by atoms with Crippen LogP contribution < -0.4 is 10.6 Å². The third kappa shape index (κ3) is 2.84. The Bertz CT molecular complexity index is 666. The van der Waals surface area contributed by atoms with Crippen molar-refractivity contribution in [3.05, 3.63) is 65.1 Å². The van der Waals surface area contributed by atoms with Gasteiger partial charge in [0.15, 0.2) is 23.3 Å². The summed E-state index contributed by atoms with van der Waals surface area (Å²) in [5, 5.41) is 4.54. The molecule has 2 aromatic rings. The number of nitrogens with one attached hydrogen (secondary N) is 2. The van der Waals surface area contributed by atoms with Crippen LogP contribution in [0.1, 0.15) is 11.1 Å². The lowest BCUT2D eigenvalue weighted by Gasteiger charge is -2.13. The van der Waals surface area contributed by atoms with Gasteiger partial charge >= 0.3 is 0 Å². The van der Waals surface area contributed by atoms with Crippen LogP contribution in [-0.4, -0.2) is 0 Å². The van der Waals surface area contributed by atoms with Crippen molar-refractivity contribution in [1.29, 1.82) is 0 Å². The smallest absolute Gasteiger partial charge is 0.203 e. The summed E-state index contributed by atoms with van der Waals surface area (Å²) in [7, 11) is 0. The number of benzene rings is 2. The molecule has 0 saturated carbocycles. The molecule has 2 N–H and O–H groups in total. The first-order valence-electron chi connectivity index (χ1n) is 6.19. The van der Waals surface area contributed by atoms with E-state index in [1.807, 2.05) is 11.4 Å². The van der Waals surface area contributed by atoms with Crippen molar-refractivity contribution in [3.63, 3.8) is 0 Å². The van der Waals surface area contributed by atoms with Gasteiger partial charge in [0.1, 0.15) is 5.69 Å². The second-order valence-corrected chi connectivity index (χ2v) is 4.59. The molecule has 0 amide bonds. The number of anilines is 2. The monoisotopic (exact) mass is 314 g/mol. The van der Waals surface area contributed by atoms with E-state index in [2.05, 4.69) is 12.0 Å². The summed E-state index contributed by atoms with van der Waals surface area (Å²) in [6.45, 7) is 5.79. The van der Waals surface area contributed by atoms with E-state index < -0.39 is 34.8 Å². The summed E-state index contributed by atoms with van der Waals surface area (Å²) in [5.74, 6) is -10.1. The third-order valence-corrected chi connectivity index (χ3v) is 3.07. The highest BCUT2D eigenvalue weighted by atomic mass is 19.2. The van der Waals surface area contributed by atoms with E-state index in [-0.39, 0.29) is 0 Å². The lowest BCUT2D eigenvalue weighted by atomic mass is 10.1. The quantitative estimate of drug-likeness (QED) is 0.375. The Morgan fingerprint density at radius 2 is 1.09 bits per heavy atom. The van der Waals surface area contributed by atoms with E-state index in [1.54, 1.807) is 26.0 Å². The molecule has 0 bridgehead atoms. The molecule has 2 rings (SSSR count). The largest absolute Gasteiger partial charge is 0.355 e. The molecule has 2 aromatic carbocycles. The van der Waals surface area contributed by atoms with Crippen molar-refractivity contribution in [1.82, 2.24) is 0 Å². The number of halogens is 5. The Kier molecular flexibility index (Phi) is 4.54. The third-order valence-electron chi connectivity index (χ3n) is 3.07. The van der Waals surface area contributed by atoms with Gasteiger partial charge in [-0.1, -0.05) is 18.2 Å². The van der Waals surface area contributed by atoms with Crippen LogP contribution in [0, 0.1) is 49.6 Å². The first-order chi connectivity index (χ1) is 10.3. The van der Waals surface area contributed by atoms with Crippen molar-refractivity contribution >= 4 is 11.4 Å². The molecular formula is C15H11F5N2. The van der Waals surface area contributed by atoms with Crippen molar-refractivity contribution in [2.45, 2.75) is 13.8 Å². The molecule has 0 spiro atoms. The van der Waals surface area contributed by atoms with Crippen molar-refractivity contribution in [2.24, 2.45) is 0 Å². The molecule has 0 unspecified atom stereocenters. The van der Waals surface area contributed by atoms with Crippen molar-refractivity contribution < 1.29 is 22.0 Å². The number of hydrogen-bond donors (Lipinski definition) is 2. The topological polar surface area (TPSA) is 24.1 Å². The Morgan fingerprint density at radius 3 is 1.59 bits per heavy atom. The molecule has 22 heavy (non-hydrogen) atoms. The highest BCUT2D eigenvalue weighted by Gasteiger charge is 2.25. The van der Waals surface area contributed by atoms with Gasteiger partial charge < -0.3 is 10.6 Å². The maximum absolute atomic E-state index is 13.4. The second kappa shape index (κ2) is 6.21. The van der Waals surface area contributed by atoms with Gasteiger partial charge in [-0.15, -0.1) is 0 Å². The molecule has 0 aliphatic rings. The van der Waals surface area contributed by atoms with Gasteiger partial charge in [0.25, 0.3) is 0 Å². The summed E-state index contributed by atoms with van der Waals surface area (Å²) in [4.78, 5) is 0. The standard InChI is InChI=1S/C15H11F5N2/c1-7-4-3-5-8(2)14(7)21-6-22-15-12(19)10(17)9(16)11(18)13(15)20/h3-5,21-22H,1-2H3. The van der Waals surface area contributed by atoms with Gasteiger partial charge in [-0.05, 0) is 25.0 Å². The van der Waals surface area contributed by atoms with E-state index in [0.29, 0.717) is 5.69 Å². The molecule has 116 valence electrons. The number of rotatable bonds is 4. The maximum Gasteiger partial charge on any atom is 0.203 e. The van der Waals surface area contributed by atoms with Gasteiger partial charge in [0, 0.05) is 5.69 Å². The van der Waals surface area contributed by atoms with Crippen LogP contribution in [0.3, 0.4) is 0 Å². The fourth-order valence-electron chi connectivity index (χ4n) is 1.88. The molecule has 0 aliphatic heterocycles. The molecule has 0 aliphatic carbocycles. The average molecular weight is 314 g/mol. The summed E-state index contributed by atoms with van der Waals surface area (Å²) in [6, 6.07) is 5.39. The van der Waals surface area contributed by atoms with Crippen LogP contribution in [0.25, 0.3) is 0 Å². The van der Waals surface area contributed by atoms with E-state index in [9.17, 15) is 22.0 Å². The predicted molar refractivity (Wildman–Crippen MR) is 72.6 cm³/mol.